The molecule has 1 aromatic carbocycles. The maximum absolute atomic E-state index is 14.0. The normalized spacial score (nSPS) is 30.0. The predicted molar refractivity (Wildman–Crippen MR) is 147 cm³/mol. The number of likely N-dealkylation sites (N-methyl/N-ethyl adjacent to an activating group) is 1. The highest BCUT2D eigenvalue weighted by Gasteiger charge is 2.69. The van der Waals surface area contributed by atoms with Gasteiger partial charge in [-0.05, 0) is 63.0 Å². The molecule has 2 saturated carbocycles. The van der Waals surface area contributed by atoms with Gasteiger partial charge in [-0.15, -0.1) is 0 Å². The fourth-order valence-corrected chi connectivity index (χ4v) is 7.38. The van der Waals surface area contributed by atoms with E-state index >= 15 is 0 Å². The summed E-state index contributed by atoms with van der Waals surface area (Å²) in [6.45, 7) is 5.57. The molecule has 40 heavy (non-hydrogen) atoms. The van der Waals surface area contributed by atoms with Gasteiger partial charge < -0.3 is 25.7 Å². The molecule has 2 unspecified atom stereocenters. The summed E-state index contributed by atoms with van der Waals surface area (Å²) in [6, 6.07) is 0.420. The van der Waals surface area contributed by atoms with Crippen molar-refractivity contribution < 1.29 is 34.2 Å². The third-order valence-corrected chi connectivity index (χ3v) is 8.68. The molecule has 6 atom stereocenters. The van der Waals surface area contributed by atoms with Crippen molar-refractivity contribution in [2.75, 3.05) is 46.7 Å². The number of Topliss-reactive ketones (excluding diaryl/α,β-unsaturated/α-hetero) is 4. The molecule has 1 aromatic rings. The molecule has 1 amide bonds. The van der Waals surface area contributed by atoms with E-state index in [9.17, 15) is 34.2 Å². The number of benzene rings is 1. The number of ketones is 4. The molecule has 218 valence electrons. The zero-order valence-electron chi connectivity index (χ0n) is 24.2. The molecule has 0 bridgehead atoms. The second-order valence-electron chi connectivity index (χ2n) is 12.5. The third kappa shape index (κ3) is 4.44. The first-order valence-corrected chi connectivity index (χ1v) is 13.6. The van der Waals surface area contributed by atoms with Crippen LogP contribution in [0.3, 0.4) is 0 Å². The first kappa shape index (κ1) is 29.8. The molecule has 0 radical (unpaired) electrons. The van der Waals surface area contributed by atoms with E-state index in [1.165, 1.54) is 4.90 Å². The number of carbonyl (C=O) groups excluding carboxylic acids is 5. The van der Waals surface area contributed by atoms with E-state index in [1.54, 1.807) is 20.2 Å². The molecule has 11 heteroatoms. The number of anilines is 1. The monoisotopic (exact) mass is 556 g/mol. The fourth-order valence-electron chi connectivity index (χ4n) is 7.38. The topological polar surface area (TPSA) is 162 Å². The molecule has 0 spiro atoms. The molecule has 0 aromatic heterocycles. The second kappa shape index (κ2) is 10.4. The van der Waals surface area contributed by atoms with Crippen molar-refractivity contribution in [2.24, 2.45) is 35.3 Å². The number of rotatable bonds is 7. The predicted octanol–water partition coefficient (Wildman–Crippen LogP) is 0.0208. The Morgan fingerprint density at radius 1 is 1.10 bits per heavy atom. The van der Waals surface area contributed by atoms with Gasteiger partial charge in [0, 0.05) is 38.8 Å². The maximum Gasteiger partial charge on any atom is 0.235 e. The van der Waals surface area contributed by atoms with Gasteiger partial charge in [-0.25, -0.2) is 0 Å². The second-order valence-corrected chi connectivity index (χ2v) is 12.5. The van der Waals surface area contributed by atoms with Gasteiger partial charge in [-0.1, -0.05) is 13.8 Å². The summed E-state index contributed by atoms with van der Waals surface area (Å²) in [4.78, 5) is 72.2. The average Bonchev–Trinajstić information content (AvgIpc) is 2.79. The lowest BCUT2D eigenvalue weighted by molar-refractivity contribution is -0.181. The van der Waals surface area contributed by atoms with Gasteiger partial charge in [0.15, 0.2) is 34.7 Å². The zero-order valence-corrected chi connectivity index (χ0v) is 24.2. The number of hydrogen-bond acceptors (Lipinski definition) is 10. The Morgan fingerprint density at radius 2 is 1.73 bits per heavy atom. The van der Waals surface area contributed by atoms with Crippen LogP contribution in [0.1, 0.15) is 41.8 Å². The average molecular weight is 557 g/mol. The van der Waals surface area contributed by atoms with Crippen molar-refractivity contribution in [1.82, 2.24) is 9.80 Å². The Hall–Kier alpha value is -3.15. The Kier molecular flexibility index (Phi) is 7.72. The number of aliphatic hydroxyl groups is 1. The minimum absolute atomic E-state index is 0.00515. The molecular formula is C29H40N4O7. The smallest absolute Gasteiger partial charge is 0.235 e. The Bertz CT molecular complexity index is 1290. The van der Waals surface area contributed by atoms with Crippen LogP contribution >= 0.6 is 0 Å². The summed E-state index contributed by atoms with van der Waals surface area (Å²) in [7, 11) is 8.82. The zero-order chi connectivity index (χ0) is 30.0. The quantitative estimate of drug-likeness (QED) is 0.391. The molecular weight excluding hydrogens is 516 g/mol. The molecule has 2 fully saturated rings. The molecule has 0 heterocycles. The summed E-state index contributed by atoms with van der Waals surface area (Å²) >= 11 is 0. The standard InChI is InChI=1S/C29H40N4O7/c1-13(2)11-33(7)12-15-10-18(34)20-16(22(15)31(3)4)8-14-9-17-23(32(5)6)25(36)21(28(30)39)27(38)29(17,40)26(37)19(14)24(20)35/h10,13-14,17,19,21,23,34,40H,8-9,11-12H2,1-7H3,(H2,30,39)/t14-,17-,19?,21?,23-,29-/m0/s1. The molecule has 4 N–H and O–H groups in total. The lowest BCUT2D eigenvalue weighted by Gasteiger charge is -2.52. The summed E-state index contributed by atoms with van der Waals surface area (Å²) in [5.41, 5.74) is 4.85. The molecule has 3 aliphatic rings. The van der Waals surface area contributed by atoms with Crippen molar-refractivity contribution in [3.8, 4) is 5.75 Å². The minimum atomic E-state index is -2.73. The number of phenols is 1. The number of nitrogens with two attached hydrogens (primary N) is 1. The van der Waals surface area contributed by atoms with Crippen LogP contribution in [0.4, 0.5) is 5.69 Å². The van der Waals surface area contributed by atoms with Crippen LogP contribution < -0.4 is 10.6 Å². The summed E-state index contributed by atoms with van der Waals surface area (Å²) < 4.78 is 0. The van der Waals surface area contributed by atoms with Gasteiger partial charge in [0.2, 0.25) is 5.91 Å². The summed E-state index contributed by atoms with van der Waals surface area (Å²) in [5.74, 6) is -9.97. The van der Waals surface area contributed by atoms with Crippen molar-refractivity contribution in [3.63, 3.8) is 0 Å². The summed E-state index contributed by atoms with van der Waals surface area (Å²) in [5, 5.41) is 22.8. The van der Waals surface area contributed by atoms with Crippen LogP contribution in [0.5, 0.6) is 5.75 Å². The number of carbonyl (C=O) groups is 5. The van der Waals surface area contributed by atoms with Crippen LogP contribution in [-0.2, 0) is 32.1 Å². The fraction of sp³-hybridized carbons (Fsp3) is 0.621. The lowest BCUT2D eigenvalue weighted by Crippen LogP contribution is -2.74. The first-order valence-electron chi connectivity index (χ1n) is 13.6. The summed E-state index contributed by atoms with van der Waals surface area (Å²) in [6.07, 6.45) is 0.254. The van der Waals surface area contributed by atoms with Crippen molar-refractivity contribution in [2.45, 2.75) is 44.9 Å². The van der Waals surface area contributed by atoms with E-state index in [0.29, 0.717) is 18.0 Å². The van der Waals surface area contributed by atoms with Crippen molar-refractivity contribution >= 4 is 34.7 Å². The van der Waals surface area contributed by atoms with E-state index < -0.39 is 64.4 Å². The highest BCUT2D eigenvalue weighted by atomic mass is 16.3. The van der Waals surface area contributed by atoms with Crippen LogP contribution in [-0.4, -0.2) is 102 Å². The van der Waals surface area contributed by atoms with Gasteiger partial charge >= 0.3 is 0 Å². The number of phenolic OH excluding ortho intramolecular Hbond substituents is 1. The number of hydrogen-bond donors (Lipinski definition) is 3. The van der Waals surface area contributed by atoms with Gasteiger partial charge in [-0.3, -0.25) is 28.9 Å². The molecule has 0 saturated heterocycles. The Labute approximate surface area is 234 Å². The van der Waals surface area contributed by atoms with Crippen LogP contribution in [0, 0.1) is 29.6 Å². The molecule has 11 nitrogen and oxygen atoms in total. The van der Waals surface area contributed by atoms with E-state index in [-0.39, 0.29) is 24.2 Å². The maximum atomic E-state index is 14.0. The number of primary amides is 1. The lowest BCUT2D eigenvalue weighted by atomic mass is 9.52. The van der Waals surface area contributed by atoms with Gasteiger partial charge in [-0.2, -0.15) is 0 Å². The highest BCUT2D eigenvalue weighted by Crippen LogP contribution is 2.52. The van der Waals surface area contributed by atoms with Gasteiger partial charge in [0.05, 0.1) is 17.5 Å². The van der Waals surface area contributed by atoms with E-state index in [2.05, 4.69) is 18.7 Å². The van der Waals surface area contributed by atoms with E-state index in [4.69, 9.17) is 5.73 Å². The number of aromatic hydroxyl groups is 1. The van der Waals surface area contributed by atoms with Gasteiger partial charge in [0.25, 0.3) is 0 Å². The number of amides is 1. The number of nitrogens with zero attached hydrogens (tertiary/aromatic N) is 3. The van der Waals surface area contributed by atoms with Crippen molar-refractivity contribution in [1.29, 1.82) is 0 Å². The van der Waals surface area contributed by atoms with Crippen LogP contribution in [0.2, 0.25) is 0 Å². The Balaban J connectivity index is 1.85. The minimum Gasteiger partial charge on any atom is -0.507 e. The third-order valence-electron chi connectivity index (χ3n) is 8.68. The van der Waals surface area contributed by atoms with Gasteiger partial charge in [0.1, 0.15) is 5.75 Å². The van der Waals surface area contributed by atoms with E-state index in [0.717, 1.165) is 17.8 Å². The Morgan fingerprint density at radius 3 is 2.25 bits per heavy atom. The van der Waals surface area contributed by atoms with Crippen LogP contribution in [0.15, 0.2) is 6.07 Å². The number of fused-ring (bicyclic) bond motifs is 3. The SMILES string of the molecule is CC(C)CN(C)Cc1cc(O)c2c(c1N(C)C)C[C@H]1C[C@H]3[C@H](N(C)C)C(=O)C(C(N)=O)C(=O)[C@@]3(O)C(=O)C1C2=O. The van der Waals surface area contributed by atoms with E-state index in [1.807, 2.05) is 26.0 Å². The van der Waals surface area contributed by atoms with Crippen molar-refractivity contribution in [3.05, 3.63) is 22.8 Å². The highest BCUT2D eigenvalue weighted by molar-refractivity contribution is 6.32. The molecule has 3 aliphatic carbocycles. The largest absolute Gasteiger partial charge is 0.507 e. The van der Waals surface area contributed by atoms with Crippen LogP contribution in [0.25, 0.3) is 0 Å². The molecule has 4 rings (SSSR count). The first-order chi connectivity index (χ1) is 18.5. The molecule has 0 aliphatic heterocycles.